The smallest absolute Gasteiger partial charge is 0.322 e. The molecule has 370 valence electrons. The number of rotatable bonds is 48. The molecule has 0 bridgehead atoms. The summed E-state index contributed by atoms with van der Waals surface area (Å²) in [5, 5.41) is 9.60. The molecule has 3 unspecified atom stereocenters. The molecule has 0 aromatic heterocycles. The molecule has 11 heteroatoms. The van der Waals surface area contributed by atoms with Crippen molar-refractivity contribution in [1.82, 2.24) is 0 Å². The van der Waals surface area contributed by atoms with Crippen LogP contribution < -0.4 is 0 Å². The molecule has 0 saturated carbocycles. The predicted octanol–water partition coefficient (Wildman–Crippen LogP) is 16.4. The first-order valence-electron chi connectivity index (χ1n) is 26.0. The van der Waals surface area contributed by atoms with Gasteiger partial charge >= 0.3 is 11.9 Å². The number of aliphatic hydroxyl groups excluding tert-OH is 1. The number of esters is 2. The second-order valence-corrected chi connectivity index (χ2v) is 21.4. The molecular formula is C52H96O6S5. The highest BCUT2D eigenvalue weighted by Crippen LogP contribution is 2.35. The summed E-state index contributed by atoms with van der Waals surface area (Å²) in [6.45, 7) is 5.24. The Kier molecular flexibility index (Phi) is 44.0. The van der Waals surface area contributed by atoms with Crippen molar-refractivity contribution in [3.05, 3.63) is 5.57 Å². The zero-order valence-electron chi connectivity index (χ0n) is 40.5. The molecule has 1 N–H and O–H groups in total. The fourth-order valence-corrected chi connectivity index (χ4v) is 9.61. The molecule has 0 aromatic carbocycles. The maximum Gasteiger partial charge on any atom is 0.322 e. The van der Waals surface area contributed by atoms with Gasteiger partial charge in [-0.25, -0.2) is 4.79 Å². The van der Waals surface area contributed by atoms with Crippen LogP contribution in [0.1, 0.15) is 258 Å². The molecule has 0 aromatic rings. The quantitative estimate of drug-likeness (QED) is 0.0136. The number of carbonyl (C=O) groups is 2. The number of unbranched alkanes of at least 4 members (excludes halogenated alkanes) is 31. The highest BCUT2D eigenvalue weighted by molar-refractivity contribution is 7.86. The third-order valence-electron chi connectivity index (χ3n) is 12.7. The molecule has 0 fully saturated rings. The van der Waals surface area contributed by atoms with E-state index in [0.29, 0.717) is 38.9 Å². The van der Waals surface area contributed by atoms with E-state index in [1.54, 1.807) is 0 Å². The van der Waals surface area contributed by atoms with Crippen LogP contribution in [-0.4, -0.2) is 62.3 Å². The zero-order valence-corrected chi connectivity index (χ0v) is 44.9. The Morgan fingerprint density at radius 3 is 1.14 bits per heavy atom. The second-order valence-electron chi connectivity index (χ2n) is 18.6. The van der Waals surface area contributed by atoms with E-state index in [9.17, 15) is 19.5 Å². The number of thiol groups is 4. The van der Waals surface area contributed by atoms with Crippen molar-refractivity contribution in [3.8, 4) is 0 Å². The van der Waals surface area contributed by atoms with Gasteiger partial charge in [-0.05, 0) is 50.2 Å². The van der Waals surface area contributed by atoms with Crippen molar-refractivity contribution >= 4 is 85.7 Å². The molecule has 0 spiro atoms. The average Bonchev–Trinajstić information content (AvgIpc) is 3.28. The molecule has 0 rings (SSSR count). The monoisotopic (exact) mass is 977 g/mol. The van der Waals surface area contributed by atoms with Gasteiger partial charge in [-0.1, -0.05) is 219 Å². The standard InChI is InChI=1S/C52H96O6S5/c1-3-5-7-9-11-13-15-17-19-21-23-25-27-29-31-35-39-57-49(55)51(62,44-59)38-34-33-37-46(47(43-53)41-48(54)61)42-52(63,45-60)50(56)58-40-36-32-30-28-26-24-22-20-18-16-14-12-10-8-6-4-2/h46,59-60,62-63H,3-42,44-45H2,1-2H3,(H,54,61). The lowest BCUT2D eigenvalue weighted by atomic mass is 9.83. The normalized spacial score (nSPS) is 13.8. The summed E-state index contributed by atoms with van der Waals surface area (Å²) in [7, 11) is 0. The largest absolute Gasteiger partial charge is 0.502 e. The molecule has 0 amide bonds. The minimum atomic E-state index is -1.24. The maximum atomic E-state index is 13.4. The SMILES string of the molecule is CCCCCCCCCCCCCCCCCCOC(=O)C(S)(CS)CCCCC(CC(S)(CS)C(=O)OCCCCCCCCCCCCCCCCCC)C(=C=O)CC(O)=S. The molecule has 3 atom stereocenters. The first-order valence-corrected chi connectivity index (χ1v) is 28.6. The minimum absolute atomic E-state index is 0.104. The fraction of sp³-hybridized carbons (Fsp3) is 0.904. The predicted molar refractivity (Wildman–Crippen MR) is 288 cm³/mol. The third kappa shape index (κ3) is 35.5. The summed E-state index contributed by atoms with van der Waals surface area (Å²) >= 11 is 23.4. The first kappa shape index (κ1) is 62.7. The van der Waals surface area contributed by atoms with Crippen LogP contribution in [0.4, 0.5) is 0 Å². The van der Waals surface area contributed by atoms with Gasteiger partial charge in [0.2, 0.25) is 0 Å². The Labute approximate surface area is 415 Å². The van der Waals surface area contributed by atoms with E-state index in [4.69, 9.17) is 46.9 Å². The summed E-state index contributed by atoms with van der Waals surface area (Å²) in [4.78, 5) is 38.6. The van der Waals surface area contributed by atoms with Gasteiger partial charge in [-0.15, -0.1) is 0 Å². The van der Waals surface area contributed by atoms with Gasteiger partial charge in [-0.2, -0.15) is 50.5 Å². The van der Waals surface area contributed by atoms with Crippen LogP contribution >= 0.6 is 62.7 Å². The van der Waals surface area contributed by atoms with Gasteiger partial charge < -0.3 is 14.6 Å². The Hall–Kier alpha value is -0.320. The highest BCUT2D eigenvalue weighted by atomic mass is 32.1. The van der Waals surface area contributed by atoms with Crippen molar-refractivity contribution in [1.29, 1.82) is 0 Å². The van der Waals surface area contributed by atoms with Gasteiger partial charge in [0.25, 0.3) is 0 Å². The molecule has 0 aliphatic carbocycles. The van der Waals surface area contributed by atoms with E-state index >= 15 is 0 Å². The summed E-state index contributed by atoms with van der Waals surface area (Å²) in [5.41, 5.74) is 0.290. The van der Waals surface area contributed by atoms with Crippen LogP contribution in [-0.2, 0) is 23.9 Å². The highest BCUT2D eigenvalue weighted by Gasteiger charge is 2.39. The van der Waals surface area contributed by atoms with Crippen LogP contribution in [0.2, 0.25) is 0 Å². The summed E-state index contributed by atoms with van der Waals surface area (Å²) in [5.74, 6) is 1.08. The molecule has 0 radical (unpaired) electrons. The van der Waals surface area contributed by atoms with Crippen molar-refractivity contribution in [3.63, 3.8) is 0 Å². The van der Waals surface area contributed by atoms with Crippen LogP contribution in [0.3, 0.4) is 0 Å². The van der Waals surface area contributed by atoms with Gasteiger partial charge in [0.1, 0.15) is 15.4 Å². The Morgan fingerprint density at radius 2 is 0.841 bits per heavy atom. The van der Waals surface area contributed by atoms with Gasteiger partial charge in [0.05, 0.1) is 13.2 Å². The lowest BCUT2D eigenvalue weighted by Crippen LogP contribution is -2.39. The van der Waals surface area contributed by atoms with Crippen LogP contribution in [0.5, 0.6) is 0 Å². The van der Waals surface area contributed by atoms with E-state index < -0.39 is 21.4 Å². The van der Waals surface area contributed by atoms with E-state index in [2.05, 4.69) is 39.1 Å². The average molecular weight is 978 g/mol. The number of carbonyl (C=O) groups excluding carboxylic acids is 3. The summed E-state index contributed by atoms with van der Waals surface area (Å²) < 4.78 is 9.10. The molecular weight excluding hydrogens is 881 g/mol. The Morgan fingerprint density at radius 1 is 0.524 bits per heavy atom. The lowest BCUT2D eigenvalue weighted by Gasteiger charge is -2.30. The van der Waals surface area contributed by atoms with Crippen LogP contribution in [0.25, 0.3) is 0 Å². The molecule has 0 heterocycles. The first-order chi connectivity index (χ1) is 30.5. The Balaban J connectivity index is 4.53. The summed E-state index contributed by atoms with van der Waals surface area (Å²) in [6, 6.07) is 0. The fourth-order valence-electron chi connectivity index (χ4n) is 8.40. The number of hydrogen-bond acceptors (Lipinski definition) is 10. The van der Waals surface area contributed by atoms with Gasteiger partial charge in [-0.3, -0.25) is 9.59 Å². The van der Waals surface area contributed by atoms with E-state index in [0.717, 1.165) is 38.5 Å². The summed E-state index contributed by atoms with van der Waals surface area (Å²) in [6.07, 6.45) is 43.3. The second kappa shape index (κ2) is 44.2. The maximum absolute atomic E-state index is 13.4. The van der Waals surface area contributed by atoms with Crippen molar-refractivity contribution in [2.75, 3.05) is 24.7 Å². The zero-order chi connectivity index (χ0) is 46.7. The van der Waals surface area contributed by atoms with Crippen molar-refractivity contribution in [2.45, 2.75) is 267 Å². The molecule has 0 aliphatic heterocycles. The Bertz CT molecular complexity index is 1170. The molecule has 0 saturated heterocycles. The van der Waals surface area contributed by atoms with Crippen molar-refractivity contribution in [2.24, 2.45) is 5.92 Å². The van der Waals surface area contributed by atoms with Crippen molar-refractivity contribution < 1.29 is 29.0 Å². The molecule has 6 nitrogen and oxygen atoms in total. The lowest BCUT2D eigenvalue weighted by molar-refractivity contribution is -0.147. The number of aliphatic hydroxyl groups is 1. The number of ether oxygens (including phenoxy) is 2. The molecule has 63 heavy (non-hydrogen) atoms. The molecule has 0 aliphatic rings. The van der Waals surface area contributed by atoms with E-state index in [-0.39, 0.29) is 40.9 Å². The topological polar surface area (TPSA) is 89.9 Å². The van der Waals surface area contributed by atoms with Crippen LogP contribution in [0, 0.1) is 5.92 Å². The van der Waals surface area contributed by atoms with Crippen LogP contribution in [0.15, 0.2) is 5.57 Å². The minimum Gasteiger partial charge on any atom is -0.502 e. The third-order valence-corrected chi connectivity index (χ3v) is 15.5. The van der Waals surface area contributed by atoms with Gasteiger partial charge in [0, 0.05) is 23.5 Å². The van der Waals surface area contributed by atoms with Gasteiger partial charge in [0.15, 0.2) is 5.05 Å². The van der Waals surface area contributed by atoms with E-state index in [1.165, 1.54) is 167 Å². The number of hydrogen-bond donors (Lipinski definition) is 5. The van der Waals surface area contributed by atoms with E-state index in [1.807, 2.05) is 5.94 Å². The number of thiocarbonyl (C=S) groups is 1.